The third-order valence-electron chi connectivity index (χ3n) is 6.78. The average molecular weight is 336 g/mol. The number of aryl methyl sites for hydroxylation is 2. The van der Waals surface area contributed by atoms with Crippen LogP contribution in [0.15, 0.2) is 30.3 Å². The Balaban J connectivity index is 1.60. The molecule has 2 fully saturated rings. The smallest absolute Gasteiger partial charge is 0.126 e. The molecule has 1 heteroatoms. The van der Waals surface area contributed by atoms with Gasteiger partial charge in [-0.05, 0) is 104 Å². The van der Waals surface area contributed by atoms with Gasteiger partial charge in [-0.1, -0.05) is 37.1 Å². The fourth-order valence-corrected chi connectivity index (χ4v) is 5.18. The van der Waals surface area contributed by atoms with Gasteiger partial charge in [-0.25, -0.2) is 4.39 Å². The van der Waals surface area contributed by atoms with E-state index in [1.807, 2.05) is 13.8 Å². The van der Waals surface area contributed by atoms with Crippen LogP contribution in [0.25, 0.3) is 11.1 Å². The van der Waals surface area contributed by atoms with Gasteiger partial charge in [-0.3, -0.25) is 0 Å². The minimum absolute atomic E-state index is 0.0963. The molecule has 2 aromatic rings. The molecule has 2 atom stereocenters. The summed E-state index contributed by atoms with van der Waals surface area (Å²) in [6, 6.07) is 10.5. The van der Waals surface area contributed by atoms with Crippen molar-refractivity contribution in [1.29, 1.82) is 0 Å². The van der Waals surface area contributed by atoms with Crippen LogP contribution in [-0.4, -0.2) is 0 Å². The van der Waals surface area contributed by atoms with Crippen LogP contribution >= 0.6 is 0 Å². The van der Waals surface area contributed by atoms with Crippen molar-refractivity contribution in [2.45, 2.75) is 59.3 Å². The Bertz CT molecular complexity index is 754. The highest BCUT2D eigenvalue weighted by Gasteiger charge is 2.34. The van der Waals surface area contributed by atoms with Gasteiger partial charge in [0.05, 0.1) is 0 Å². The van der Waals surface area contributed by atoms with Crippen molar-refractivity contribution in [1.82, 2.24) is 0 Å². The first-order chi connectivity index (χ1) is 12.0. The Labute approximate surface area is 151 Å². The maximum Gasteiger partial charge on any atom is 0.126 e. The van der Waals surface area contributed by atoms with Crippen molar-refractivity contribution in [2.24, 2.45) is 17.8 Å². The average Bonchev–Trinajstić information content (AvgIpc) is 2.93. The molecule has 2 bridgehead atoms. The van der Waals surface area contributed by atoms with E-state index in [2.05, 4.69) is 31.2 Å². The minimum Gasteiger partial charge on any atom is -0.207 e. The molecule has 132 valence electrons. The fraction of sp³-hybridized carbons (Fsp3) is 0.500. The summed E-state index contributed by atoms with van der Waals surface area (Å²) >= 11 is 0. The molecular formula is C24H29F. The number of halogens is 1. The first-order valence-corrected chi connectivity index (χ1v) is 9.86. The number of benzene rings is 2. The second-order valence-corrected chi connectivity index (χ2v) is 8.63. The summed E-state index contributed by atoms with van der Waals surface area (Å²) in [6.45, 7) is 6.07. The summed E-state index contributed by atoms with van der Waals surface area (Å²) in [4.78, 5) is 0. The fourth-order valence-electron chi connectivity index (χ4n) is 5.18. The van der Waals surface area contributed by atoms with E-state index in [0.717, 1.165) is 40.0 Å². The van der Waals surface area contributed by atoms with Gasteiger partial charge < -0.3 is 0 Å². The quantitative estimate of drug-likeness (QED) is 0.579. The van der Waals surface area contributed by atoms with Gasteiger partial charge in [0.25, 0.3) is 0 Å². The molecule has 0 radical (unpaired) electrons. The van der Waals surface area contributed by atoms with Gasteiger partial charge in [-0.2, -0.15) is 0 Å². The van der Waals surface area contributed by atoms with Gasteiger partial charge in [-0.15, -0.1) is 0 Å². The molecule has 25 heavy (non-hydrogen) atoms. The highest BCUT2D eigenvalue weighted by molar-refractivity contribution is 5.66. The van der Waals surface area contributed by atoms with Gasteiger partial charge in [0.2, 0.25) is 0 Å². The zero-order valence-electron chi connectivity index (χ0n) is 15.7. The summed E-state index contributed by atoms with van der Waals surface area (Å²) in [5.74, 6) is 2.72. The SMILES string of the molecule is Cc1ccc(-c2cc(C)c(C)c(F)c2)cc1CC1CC2CCC(C2)C1. The Morgan fingerprint density at radius 3 is 2.24 bits per heavy atom. The molecule has 0 N–H and O–H groups in total. The van der Waals surface area contributed by atoms with Crippen LogP contribution in [0.2, 0.25) is 0 Å². The van der Waals surface area contributed by atoms with Gasteiger partial charge in [0.15, 0.2) is 0 Å². The van der Waals surface area contributed by atoms with Crippen LogP contribution in [-0.2, 0) is 6.42 Å². The summed E-state index contributed by atoms with van der Waals surface area (Å²) in [7, 11) is 0. The van der Waals surface area contributed by atoms with Crippen molar-refractivity contribution in [3.05, 3.63) is 58.4 Å². The van der Waals surface area contributed by atoms with Gasteiger partial charge >= 0.3 is 0 Å². The van der Waals surface area contributed by atoms with Crippen LogP contribution in [0.5, 0.6) is 0 Å². The molecule has 2 aliphatic carbocycles. The molecule has 2 aliphatic rings. The molecule has 0 aromatic heterocycles. The standard InChI is InChI=1S/C24H29F/c1-15-4-7-21(23-8-16(2)17(3)24(25)14-23)13-22(15)12-20-10-18-5-6-19(9-18)11-20/h4,7-8,13-14,18-20H,5-6,9-12H2,1-3H3. The molecule has 0 saturated heterocycles. The predicted molar refractivity (Wildman–Crippen MR) is 103 cm³/mol. The molecule has 2 unspecified atom stereocenters. The Morgan fingerprint density at radius 1 is 0.840 bits per heavy atom. The highest BCUT2D eigenvalue weighted by atomic mass is 19.1. The summed E-state index contributed by atoms with van der Waals surface area (Å²) in [6.07, 6.45) is 8.43. The molecular weight excluding hydrogens is 307 g/mol. The molecule has 0 spiro atoms. The van der Waals surface area contributed by atoms with Crippen LogP contribution in [0.1, 0.15) is 54.4 Å². The van der Waals surface area contributed by atoms with E-state index in [4.69, 9.17) is 0 Å². The first-order valence-electron chi connectivity index (χ1n) is 9.86. The first kappa shape index (κ1) is 16.8. The molecule has 0 heterocycles. The third-order valence-corrected chi connectivity index (χ3v) is 6.78. The van der Waals surface area contributed by atoms with Crippen LogP contribution in [0, 0.1) is 44.3 Å². The molecule has 2 saturated carbocycles. The van der Waals surface area contributed by atoms with Crippen molar-refractivity contribution >= 4 is 0 Å². The van der Waals surface area contributed by atoms with E-state index in [1.165, 1.54) is 49.7 Å². The highest BCUT2D eigenvalue weighted by Crippen LogP contribution is 2.45. The van der Waals surface area contributed by atoms with Crippen LogP contribution in [0.3, 0.4) is 0 Å². The third kappa shape index (κ3) is 3.38. The lowest BCUT2D eigenvalue weighted by Crippen LogP contribution is -2.18. The van der Waals surface area contributed by atoms with Crippen molar-refractivity contribution in [3.8, 4) is 11.1 Å². The van der Waals surface area contributed by atoms with E-state index < -0.39 is 0 Å². The Hall–Kier alpha value is -1.63. The second-order valence-electron chi connectivity index (χ2n) is 8.63. The molecule has 0 aliphatic heterocycles. The van der Waals surface area contributed by atoms with Crippen LogP contribution < -0.4 is 0 Å². The van der Waals surface area contributed by atoms with Gasteiger partial charge in [0.1, 0.15) is 5.82 Å². The maximum atomic E-state index is 14.2. The maximum absolute atomic E-state index is 14.2. The number of hydrogen-bond acceptors (Lipinski definition) is 0. The van der Waals surface area contributed by atoms with E-state index in [1.54, 1.807) is 6.07 Å². The van der Waals surface area contributed by atoms with Gasteiger partial charge in [0, 0.05) is 0 Å². The van der Waals surface area contributed by atoms with Crippen molar-refractivity contribution in [2.75, 3.05) is 0 Å². The number of rotatable bonds is 3. The monoisotopic (exact) mass is 336 g/mol. The predicted octanol–water partition coefficient (Wildman–Crippen LogP) is 6.79. The zero-order valence-corrected chi connectivity index (χ0v) is 15.7. The summed E-state index contributed by atoms with van der Waals surface area (Å²) in [5, 5.41) is 0. The lowest BCUT2D eigenvalue weighted by atomic mass is 9.77. The van der Waals surface area contributed by atoms with E-state index >= 15 is 0 Å². The largest absolute Gasteiger partial charge is 0.207 e. The number of fused-ring (bicyclic) bond motifs is 2. The number of hydrogen-bond donors (Lipinski definition) is 0. The van der Waals surface area contributed by atoms with Crippen molar-refractivity contribution < 1.29 is 4.39 Å². The van der Waals surface area contributed by atoms with E-state index in [-0.39, 0.29) is 5.82 Å². The normalized spacial score (nSPS) is 25.4. The topological polar surface area (TPSA) is 0 Å². The van der Waals surface area contributed by atoms with E-state index in [0.29, 0.717) is 0 Å². The zero-order chi connectivity index (χ0) is 17.6. The molecule has 4 rings (SSSR count). The summed E-state index contributed by atoms with van der Waals surface area (Å²) < 4.78 is 14.2. The lowest BCUT2D eigenvalue weighted by molar-refractivity contribution is 0.259. The van der Waals surface area contributed by atoms with E-state index in [9.17, 15) is 4.39 Å². The molecule has 0 nitrogen and oxygen atoms in total. The Morgan fingerprint density at radius 2 is 1.56 bits per heavy atom. The van der Waals surface area contributed by atoms with Crippen molar-refractivity contribution in [3.63, 3.8) is 0 Å². The summed E-state index contributed by atoms with van der Waals surface area (Å²) in [5.41, 5.74) is 6.79. The molecule has 0 amide bonds. The Kier molecular flexibility index (Phi) is 4.43. The molecule has 2 aromatic carbocycles. The van der Waals surface area contributed by atoms with Crippen LogP contribution in [0.4, 0.5) is 4.39 Å². The lowest BCUT2D eigenvalue weighted by Gasteiger charge is -2.28. The second kappa shape index (κ2) is 6.59. The minimum atomic E-state index is -0.0963.